The number of urea groups is 1. The summed E-state index contributed by atoms with van der Waals surface area (Å²) in [5.74, 6) is 0.435. The van der Waals surface area contributed by atoms with E-state index in [2.05, 4.69) is 10.6 Å². The number of imide groups is 1. The minimum Gasteiger partial charge on any atom is -0.486 e. The van der Waals surface area contributed by atoms with E-state index in [9.17, 15) is 14.4 Å². The molecule has 4 amide bonds. The molecule has 8 nitrogen and oxygen atoms in total. The smallest absolute Gasteiger partial charge is 0.325 e. The molecule has 2 aliphatic heterocycles. The fourth-order valence-corrected chi connectivity index (χ4v) is 3.97. The Balaban J connectivity index is 1.38. The van der Waals surface area contributed by atoms with Gasteiger partial charge in [0.15, 0.2) is 11.5 Å². The topological polar surface area (TPSA) is 97.0 Å². The molecule has 0 radical (unpaired) electrons. The first-order chi connectivity index (χ1) is 15.0. The van der Waals surface area contributed by atoms with Crippen LogP contribution in [0.4, 0.5) is 4.79 Å². The quantitative estimate of drug-likeness (QED) is 0.666. The van der Waals surface area contributed by atoms with Gasteiger partial charge in [-0.05, 0) is 24.1 Å². The Morgan fingerprint density at radius 3 is 2.58 bits per heavy atom. The molecule has 0 unspecified atom stereocenters. The Morgan fingerprint density at radius 1 is 1.13 bits per heavy atom. The first-order valence-corrected chi connectivity index (χ1v) is 10.4. The molecule has 1 fully saturated rings. The fourth-order valence-electron chi connectivity index (χ4n) is 3.97. The second kappa shape index (κ2) is 8.67. The van der Waals surface area contributed by atoms with E-state index in [1.165, 1.54) is 0 Å². The second-order valence-corrected chi connectivity index (χ2v) is 7.64. The fraction of sp³-hybridized carbons (Fsp3) is 0.348. The zero-order valence-electron chi connectivity index (χ0n) is 17.3. The van der Waals surface area contributed by atoms with Crippen LogP contribution in [-0.2, 0) is 15.1 Å². The summed E-state index contributed by atoms with van der Waals surface area (Å²) in [5.41, 5.74) is -0.429. The third kappa shape index (κ3) is 4.05. The second-order valence-electron chi connectivity index (χ2n) is 7.64. The number of nitrogens with zero attached hydrogens (tertiary/aromatic N) is 1. The molecule has 0 aromatic heterocycles. The summed E-state index contributed by atoms with van der Waals surface area (Å²) in [7, 11) is 0. The van der Waals surface area contributed by atoms with Crippen LogP contribution >= 0.6 is 0 Å². The first-order valence-electron chi connectivity index (χ1n) is 10.4. The molecule has 0 bridgehead atoms. The number of nitrogens with one attached hydrogen (secondary N) is 2. The number of fused-ring (bicyclic) bond motifs is 1. The van der Waals surface area contributed by atoms with Crippen LogP contribution in [0.15, 0.2) is 54.6 Å². The van der Waals surface area contributed by atoms with Crippen molar-refractivity contribution in [3.05, 3.63) is 60.2 Å². The van der Waals surface area contributed by atoms with Crippen molar-refractivity contribution in [3.63, 3.8) is 0 Å². The van der Waals surface area contributed by atoms with Gasteiger partial charge in [-0.15, -0.1) is 0 Å². The summed E-state index contributed by atoms with van der Waals surface area (Å²) < 4.78 is 11.5. The Hall–Kier alpha value is -3.55. The molecule has 2 aromatic rings. The summed E-state index contributed by atoms with van der Waals surface area (Å²) in [6.45, 7) is 2.10. The minimum atomic E-state index is -1.14. The van der Waals surface area contributed by atoms with Gasteiger partial charge in [0, 0.05) is 0 Å². The molecule has 1 saturated heterocycles. The number of hydrogen-bond donors (Lipinski definition) is 2. The van der Waals surface area contributed by atoms with E-state index in [1.54, 1.807) is 6.07 Å². The first kappa shape index (κ1) is 20.7. The Labute approximate surface area is 180 Å². The predicted octanol–water partition coefficient (Wildman–Crippen LogP) is 2.19. The summed E-state index contributed by atoms with van der Waals surface area (Å²) in [4.78, 5) is 39.3. The van der Waals surface area contributed by atoms with Gasteiger partial charge < -0.3 is 20.1 Å². The van der Waals surface area contributed by atoms with Crippen LogP contribution in [0.5, 0.6) is 11.5 Å². The van der Waals surface area contributed by atoms with Gasteiger partial charge in [-0.1, -0.05) is 55.8 Å². The zero-order valence-corrected chi connectivity index (χ0v) is 17.3. The molecular formula is C23H25N3O5. The Bertz CT molecular complexity index is 980. The van der Waals surface area contributed by atoms with Gasteiger partial charge in [-0.2, -0.15) is 0 Å². The summed E-state index contributed by atoms with van der Waals surface area (Å²) in [5, 5.41) is 5.55. The van der Waals surface area contributed by atoms with Crippen molar-refractivity contribution in [3.8, 4) is 11.5 Å². The third-order valence-electron chi connectivity index (χ3n) is 5.46. The molecule has 31 heavy (non-hydrogen) atoms. The van der Waals surface area contributed by atoms with Gasteiger partial charge in [0.1, 0.15) is 24.8 Å². The molecule has 0 saturated carbocycles. The number of hydrogen-bond acceptors (Lipinski definition) is 5. The van der Waals surface area contributed by atoms with E-state index >= 15 is 0 Å². The lowest BCUT2D eigenvalue weighted by molar-refractivity contribution is -0.135. The van der Waals surface area contributed by atoms with Gasteiger partial charge in [0.2, 0.25) is 5.91 Å². The average Bonchev–Trinajstić information content (AvgIpc) is 3.03. The maximum Gasteiger partial charge on any atom is 0.325 e. The highest BCUT2D eigenvalue weighted by Crippen LogP contribution is 2.33. The lowest BCUT2D eigenvalue weighted by atomic mass is 9.85. The summed E-state index contributed by atoms with van der Waals surface area (Å²) >= 11 is 0. The monoisotopic (exact) mass is 423 g/mol. The van der Waals surface area contributed by atoms with Crippen LogP contribution in [0, 0.1) is 0 Å². The molecule has 4 rings (SSSR count). The van der Waals surface area contributed by atoms with E-state index in [1.807, 2.05) is 55.5 Å². The lowest BCUT2D eigenvalue weighted by Gasteiger charge is -2.27. The molecule has 2 heterocycles. The summed E-state index contributed by atoms with van der Waals surface area (Å²) in [6, 6.07) is 15.9. The SMILES string of the molecule is CCC[C@@]1(c2ccccc2)NC(=O)N(CC(=O)NC[C@@H]2COc3ccccc3O2)C1=O. The Morgan fingerprint density at radius 2 is 1.84 bits per heavy atom. The van der Waals surface area contributed by atoms with E-state index in [0.717, 1.165) is 4.90 Å². The lowest BCUT2D eigenvalue weighted by Crippen LogP contribution is -2.47. The normalized spacial score (nSPS) is 22.2. The maximum absolute atomic E-state index is 13.2. The van der Waals surface area contributed by atoms with Gasteiger partial charge in [-0.3, -0.25) is 14.5 Å². The average molecular weight is 423 g/mol. The van der Waals surface area contributed by atoms with Crippen molar-refractivity contribution in [2.75, 3.05) is 19.7 Å². The highest BCUT2D eigenvalue weighted by Gasteiger charge is 2.52. The van der Waals surface area contributed by atoms with Crippen molar-refractivity contribution in [1.29, 1.82) is 0 Å². The standard InChI is InChI=1S/C23H25N3O5/c1-2-12-23(16-8-4-3-5-9-16)21(28)26(22(29)25-23)14-20(27)24-13-17-15-30-18-10-6-7-11-19(18)31-17/h3-11,17H,2,12-15H2,1H3,(H,24,27)(H,25,29)/t17-,23+/m1/s1. The predicted molar refractivity (Wildman–Crippen MR) is 113 cm³/mol. The van der Waals surface area contributed by atoms with Gasteiger partial charge in [0.25, 0.3) is 5.91 Å². The van der Waals surface area contributed by atoms with E-state index < -0.39 is 23.4 Å². The largest absolute Gasteiger partial charge is 0.486 e. The van der Waals surface area contributed by atoms with E-state index in [0.29, 0.717) is 36.5 Å². The van der Waals surface area contributed by atoms with E-state index in [4.69, 9.17) is 9.47 Å². The van der Waals surface area contributed by atoms with Crippen molar-refractivity contribution in [2.45, 2.75) is 31.4 Å². The highest BCUT2D eigenvalue weighted by atomic mass is 16.6. The van der Waals surface area contributed by atoms with Gasteiger partial charge >= 0.3 is 6.03 Å². The number of rotatable bonds is 7. The molecule has 2 N–H and O–H groups in total. The Kier molecular flexibility index (Phi) is 5.79. The van der Waals surface area contributed by atoms with Crippen LogP contribution in [-0.4, -0.2) is 48.5 Å². The van der Waals surface area contributed by atoms with Crippen LogP contribution in [0.1, 0.15) is 25.3 Å². The highest BCUT2D eigenvalue weighted by molar-refractivity contribution is 6.09. The van der Waals surface area contributed by atoms with Crippen LogP contribution < -0.4 is 20.1 Å². The van der Waals surface area contributed by atoms with E-state index in [-0.39, 0.29) is 19.2 Å². The molecule has 0 aliphatic carbocycles. The molecule has 0 spiro atoms. The molecule has 162 valence electrons. The third-order valence-corrected chi connectivity index (χ3v) is 5.46. The number of ether oxygens (including phenoxy) is 2. The number of benzene rings is 2. The zero-order chi connectivity index (χ0) is 21.8. The molecule has 8 heteroatoms. The van der Waals surface area contributed by atoms with Crippen molar-refractivity contribution < 1.29 is 23.9 Å². The number of carbonyl (C=O) groups excluding carboxylic acids is 3. The maximum atomic E-state index is 13.2. The number of amides is 4. The van der Waals surface area contributed by atoms with Crippen molar-refractivity contribution in [1.82, 2.24) is 15.5 Å². The van der Waals surface area contributed by atoms with Crippen LogP contribution in [0.25, 0.3) is 0 Å². The molecule has 2 aromatic carbocycles. The molecule has 2 aliphatic rings. The number of carbonyl (C=O) groups is 3. The van der Waals surface area contributed by atoms with Crippen LogP contribution in [0.2, 0.25) is 0 Å². The van der Waals surface area contributed by atoms with Crippen LogP contribution in [0.3, 0.4) is 0 Å². The van der Waals surface area contributed by atoms with Gasteiger partial charge in [-0.25, -0.2) is 4.79 Å². The molecule has 2 atom stereocenters. The minimum absolute atomic E-state index is 0.204. The van der Waals surface area contributed by atoms with Crippen molar-refractivity contribution >= 4 is 17.8 Å². The summed E-state index contributed by atoms with van der Waals surface area (Å²) in [6.07, 6.45) is 0.791. The number of para-hydroxylation sites is 2. The van der Waals surface area contributed by atoms with Crippen molar-refractivity contribution in [2.24, 2.45) is 0 Å². The van der Waals surface area contributed by atoms with Gasteiger partial charge in [0.05, 0.1) is 6.54 Å². The molecular weight excluding hydrogens is 398 g/mol.